The highest BCUT2D eigenvalue weighted by molar-refractivity contribution is 7.15. The normalized spacial score (nSPS) is 19.4. The second-order valence-electron chi connectivity index (χ2n) is 3.72. The summed E-state index contributed by atoms with van der Waals surface area (Å²) in [6.07, 6.45) is 5.37. The van der Waals surface area contributed by atoms with Gasteiger partial charge < -0.3 is 5.73 Å². The summed E-state index contributed by atoms with van der Waals surface area (Å²) in [6.45, 7) is 3.31. The fourth-order valence-corrected chi connectivity index (χ4v) is 2.47. The monoisotopic (exact) mass is 212 g/mol. The van der Waals surface area contributed by atoms with Crippen LogP contribution in [0.5, 0.6) is 0 Å². The molecule has 0 spiro atoms. The van der Waals surface area contributed by atoms with E-state index in [0.29, 0.717) is 5.13 Å². The standard InChI is InChI=1S/C9H16N4S/c10-9-12-11-8(14-9)7-13-5-3-1-2-4-6-13/h1-7H2,(H2,10,12). The summed E-state index contributed by atoms with van der Waals surface area (Å²) in [7, 11) is 0. The van der Waals surface area contributed by atoms with E-state index in [1.54, 1.807) is 0 Å². The maximum atomic E-state index is 5.54. The Hall–Kier alpha value is -0.680. The molecule has 1 fully saturated rings. The van der Waals surface area contributed by atoms with Crippen molar-refractivity contribution < 1.29 is 0 Å². The molecule has 0 aromatic carbocycles. The van der Waals surface area contributed by atoms with Gasteiger partial charge in [-0.1, -0.05) is 24.2 Å². The van der Waals surface area contributed by atoms with E-state index in [1.807, 2.05) is 0 Å². The van der Waals surface area contributed by atoms with E-state index in [0.717, 1.165) is 11.6 Å². The number of nitrogen functional groups attached to an aromatic ring is 1. The van der Waals surface area contributed by atoms with Crippen LogP contribution < -0.4 is 5.73 Å². The molecule has 14 heavy (non-hydrogen) atoms. The van der Waals surface area contributed by atoms with Crippen LogP contribution in [0.25, 0.3) is 0 Å². The van der Waals surface area contributed by atoms with Crippen LogP contribution in [0, 0.1) is 0 Å². The molecule has 78 valence electrons. The van der Waals surface area contributed by atoms with Crippen molar-refractivity contribution in [3.05, 3.63) is 5.01 Å². The first-order valence-electron chi connectivity index (χ1n) is 5.15. The van der Waals surface area contributed by atoms with Crippen molar-refractivity contribution in [3.63, 3.8) is 0 Å². The van der Waals surface area contributed by atoms with E-state index in [4.69, 9.17) is 5.73 Å². The van der Waals surface area contributed by atoms with E-state index in [2.05, 4.69) is 15.1 Å². The minimum Gasteiger partial charge on any atom is -0.374 e. The SMILES string of the molecule is Nc1nnc(CN2CCCCCC2)s1. The molecule has 0 aliphatic carbocycles. The van der Waals surface area contributed by atoms with Gasteiger partial charge in [-0.25, -0.2) is 0 Å². The molecule has 4 nitrogen and oxygen atoms in total. The molecule has 1 aromatic heterocycles. The van der Waals surface area contributed by atoms with Crippen molar-refractivity contribution in [1.29, 1.82) is 0 Å². The minimum absolute atomic E-state index is 0.579. The summed E-state index contributed by atoms with van der Waals surface area (Å²) in [4.78, 5) is 2.45. The van der Waals surface area contributed by atoms with Crippen molar-refractivity contribution in [2.45, 2.75) is 32.2 Å². The lowest BCUT2D eigenvalue weighted by molar-refractivity contribution is 0.276. The van der Waals surface area contributed by atoms with Crippen LogP contribution in [0.1, 0.15) is 30.7 Å². The summed E-state index contributed by atoms with van der Waals surface area (Å²) < 4.78 is 0. The maximum absolute atomic E-state index is 5.54. The van der Waals surface area contributed by atoms with Crippen molar-refractivity contribution in [1.82, 2.24) is 15.1 Å². The van der Waals surface area contributed by atoms with Crippen LogP contribution in [-0.2, 0) is 6.54 Å². The average molecular weight is 212 g/mol. The molecule has 5 heteroatoms. The third kappa shape index (κ3) is 2.65. The third-order valence-electron chi connectivity index (χ3n) is 2.54. The Morgan fingerprint density at radius 2 is 1.86 bits per heavy atom. The van der Waals surface area contributed by atoms with Crippen molar-refractivity contribution in [2.75, 3.05) is 18.8 Å². The van der Waals surface area contributed by atoms with Gasteiger partial charge in [0.25, 0.3) is 0 Å². The topological polar surface area (TPSA) is 55.0 Å². The molecule has 0 amide bonds. The quantitative estimate of drug-likeness (QED) is 0.807. The Morgan fingerprint density at radius 1 is 1.14 bits per heavy atom. The zero-order chi connectivity index (χ0) is 9.80. The second-order valence-corrected chi connectivity index (χ2v) is 4.82. The van der Waals surface area contributed by atoms with E-state index < -0.39 is 0 Å². The van der Waals surface area contributed by atoms with Crippen molar-refractivity contribution in [3.8, 4) is 0 Å². The molecule has 2 N–H and O–H groups in total. The maximum Gasteiger partial charge on any atom is 0.203 e. The molecule has 0 unspecified atom stereocenters. The molecule has 0 atom stereocenters. The first-order valence-corrected chi connectivity index (χ1v) is 5.96. The molecule has 0 bridgehead atoms. The number of likely N-dealkylation sites (tertiary alicyclic amines) is 1. The van der Waals surface area contributed by atoms with E-state index in [1.165, 1.54) is 50.1 Å². The van der Waals surface area contributed by atoms with E-state index in [-0.39, 0.29) is 0 Å². The van der Waals surface area contributed by atoms with Crippen molar-refractivity contribution in [2.24, 2.45) is 0 Å². The van der Waals surface area contributed by atoms with Gasteiger partial charge in [-0.2, -0.15) is 0 Å². The predicted molar refractivity (Wildman–Crippen MR) is 58.1 cm³/mol. The zero-order valence-corrected chi connectivity index (χ0v) is 9.09. The fraction of sp³-hybridized carbons (Fsp3) is 0.778. The second kappa shape index (κ2) is 4.70. The Bertz CT molecular complexity index is 278. The van der Waals surface area contributed by atoms with Gasteiger partial charge in [-0.05, 0) is 25.9 Å². The molecule has 2 rings (SSSR count). The smallest absolute Gasteiger partial charge is 0.203 e. The zero-order valence-electron chi connectivity index (χ0n) is 8.28. The lowest BCUT2D eigenvalue weighted by atomic mass is 10.2. The number of nitrogens with two attached hydrogens (primary N) is 1. The number of hydrogen-bond donors (Lipinski definition) is 1. The largest absolute Gasteiger partial charge is 0.374 e. The molecule has 1 saturated heterocycles. The van der Waals surface area contributed by atoms with Crippen LogP contribution in [0.3, 0.4) is 0 Å². The average Bonchev–Trinajstić information content (AvgIpc) is 2.43. The number of nitrogens with zero attached hydrogens (tertiary/aromatic N) is 3. The Labute approximate surface area is 88.1 Å². The highest BCUT2D eigenvalue weighted by Crippen LogP contribution is 2.16. The van der Waals surface area contributed by atoms with Crippen LogP contribution >= 0.6 is 11.3 Å². The molecule has 0 saturated carbocycles. The number of aromatic nitrogens is 2. The van der Waals surface area contributed by atoms with Crippen LogP contribution in [0.4, 0.5) is 5.13 Å². The van der Waals surface area contributed by atoms with Gasteiger partial charge in [0.05, 0.1) is 6.54 Å². The van der Waals surface area contributed by atoms with Gasteiger partial charge >= 0.3 is 0 Å². The molecular weight excluding hydrogens is 196 g/mol. The fourth-order valence-electron chi connectivity index (χ4n) is 1.82. The Kier molecular flexibility index (Phi) is 3.31. The van der Waals surface area contributed by atoms with Crippen LogP contribution in [0.2, 0.25) is 0 Å². The highest BCUT2D eigenvalue weighted by Gasteiger charge is 2.11. The molecular formula is C9H16N4S. The first-order chi connectivity index (χ1) is 6.84. The van der Waals surface area contributed by atoms with Gasteiger partial charge in [0.1, 0.15) is 5.01 Å². The Balaban J connectivity index is 1.89. The summed E-state index contributed by atoms with van der Waals surface area (Å²) in [5.74, 6) is 0. The lowest BCUT2D eigenvalue weighted by Gasteiger charge is -2.17. The Morgan fingerprint density at radius 3 is 2.43 bits per heavy atom. The number of anilines is 1. The third-order valence-corrected chi connectivity index (χ3v) is 3.28. The first kappa shape index (κ1) is 9.86. The lowest BCUT2D eigenvalue weighted by Crippen LogP contribution is -2.23. The molecule has 2 heterocycles. The van der Waals surface area contributed by atoms with Gasteiger partial charge in [-0.3, -0.25) is 4.90 Å². The summed E-state index contributed by atoms with van der Waals surface area (Å²) in [5.41, 5.74) is 5.54. The molecule has 1 aromatic rings. The summed E-state index contributed by atoms with van der Waals surface area (Å²) in [6, 6.07) is 0. The van der Waals surface area contributed by atoms with Crippen LogP contribution in [-0.4, -0.2) is 28.2 Å². The predicted octanol–water partition coefficient (Wildman–Crippen LogP) is 1.50. The summed E-state index contributed by atoms with van der Waals surface area (Å²) in [5, 5.41) is 9.49. The summed E-state index contributed by atoms with van der Waals surface area (Å²) >= 11 is 1.50. The van der Waals surface area contributed by atoms with Gasteiger partial charge in [0.2, 0.25) is 5.13 Å². The molecule has 1 aliphatic rings. The molecule has 0 radical (unpaired) electrons. The molecule has 1 aliphatic heterocycles. The van der Waals surface area contributed by atoms with Crippen LogP contribution in [0.15, 0.2) is 0 Å². The van der Waals surface area contributed by atoms with Gasteiger partial charge in [-0.15, -0.1) is 10.2 Å². The van der Waals surface area contributed by atoms with Gasteiger partial charge in [0, 0.05) is 0 Å². The van der Waals surface area contributed by atoms with E-state index >= 15 is 0 Å². The number of hydrogen-bond acceptors (Lipinski definition) is 5. The van der Waals surface area contributed by atoms with Crippen molar-refractivity contribution >= 4 is 16.5 Å². The van der Waals surface area contributed by atoms with Gasteiger partial charge in [0.15, 0.2) is 0 Å². The highest BCUT2D eigenvalue weighted by atomic mass is 32.1. The number of rotatable bonds is 2. The minimum atomic E-state index is 0.579. The van der Waals surface area contributed by atoms with E-state index in [9.17, 15) is 0 Å².